The maximum Gasteiger partial charge on any atom is 0.254 e. The molecule has 0 aromatic heterocycles. The molecule has 162 valence electrons. The van der Waals surface area contributed by atoms with Crippen molar-refractivity contribution in [1.82, 2.24) is 9.80 Å². The van der Waals surface area contributed by atoms with Gasteiger partial charge in [0.2, 0.25) is 0 Å². The van der Waals surface area contributed by atoms with Crippen LogP contribution in [0.5, 0.6) is 0 Å². The number of carbonyl (C=O) groups is 2. The van der Waals surface area contributed by atoms with E-state index in [2.05, 4.69) is 24.3 Å². The number of carbonyl (C=O) groups excluding carboxylic acids is 2. The molecule has 0 atom stereocenters. The average molecular weight is 428 g/mol. The van der Waals surface area contributed by atoms with Crippen molar-refractivity contribution in [3.05, 3.63) is 64.7 Å². The van der Waals surface area contributed by atoms with Gasteiger partial charge in [-0.05, 0) is 65.8 Å². The van der Waals surface area contributed by atoms with Crippen LogP contribution < -0.4 is 0 Å². The van der Waals surface area contributed by atoms with Crippen molar-refractivity contribution in [3.8, 4) is 17.2 Å². The summed E-state index contributed by atoms with van der Waals surface area (Å²) in [7, 11) is 0. The van der Waals surface area contributed by atoms with E-state index in [1.165, 1.54) is 5.56 Å². The summed E-state index contributed by atoms with van der Waals surface area (Å²) in [5.41, 5.74) is 4.55. The number of amides is 2. The Kier molecular flexibility index (Phi) is 5.07. The van der Waals surface area contributed by atoms with Crippen molar-refractivity contribution in [1.29, 1.82) is 5.26 Å². The fourth-order valence-corrected chi connectivity index (χ4v) is 4.71. The van der Waals surface area contributed by atoms with Crippen molar-refractivity contribution < 1.29 is 14.7 Å². The molecule has 0 bridgehead atoms. The number of piperazine rings is 1. The van der Waals surface area contributed by atoms with Crippen LogP contribution in [-0.4, -0.2) is 58.5 Å². The molecule has 1 heterocycles. The Hall–Kier alpha value is -3.43. The predicted molar refractivity (Wildman–Crippen MR) is 120 cm³/mol. The molecule has 2 aromatic carbocycles. The van der Waals surface area contributed by atoms with Gasteiger partial charge in [0.05, 0.1) is 6.07 Å². The van der Waals surface area contributed by atoms with Crippen LogP contribution in [0.4, 0.5) is 0 Å². The first kappa shape index (κ1) is 20.5. The van der Waals surface area contributed by atoms with Gasteiger partial charge in [-0.1, -0.05) is 24.3 Å². The van der Waals surface area contributed by atoms with Crippen LogP contribution in [0.15, 0.2) is 48.0 Å². The second-order valence-corrected chi connectivity index (χ2v) is 8.92. The van der Waals surface area contributed by atoms with E-state index in [0.29, 0.717) is 51.0 Å². The van der Waals surface area contributed by atoms with Gasteiger partial charge in [-0.25, -0.2) is 0 Å². The largest absolute Gasteiger partial charge is 0.380 e. The molecular weight excluding hydrogens is 402 g/mol. The summed E-state index contributed by atoms with van der Waals surface area (Å²) in [4.78, 5) is 28.9. The number of aliphatic hydroxyl groups is 1. The van der Waals surface area contributed by atoms with Gasteiger partial charge < -0.3 is 14.9 Å². The number of fused-ring (bicyclic) bond motifs is 1. The standard InChI is InChI=1S/C26H25N3O3/c27-17-18-14-21-6-7-22(16-23(21)15-18)19-2-4-20(5-3-19)24(30)28-10-12-29(13-11-28)25(31)26(32)8-1-9-26/h2-7,15-16,32H,1,8-14H2. The first-order chi connectivity index (χ1) is 15.5. The van der Waals surface area contributed by atoms with Gasteiger partial charge >= 0.3 is 0 Å². The minimum atomic E-state index is -1.18. The topological polar surface area (TPSA) is 84.6 Å². The monoisotopic (exact) mass is 427 g/mol. The normalized spacial score (nSPS) is 18.9. The Morgan fingerprint density at radius 2 is 1.59 bits per heavy atom. The third-order valence-electron chi connectivity index (χ3n) is 6.90. The number of hydrogen-bond donors (Lipinski definition) is 1. The van der Waals surface area contributed by atoms with E-state index < -0.39 is 5.60 Å². The smallest absolute Gasteiger partial charge is 0.254 e. The minimum absolute atomic E-state index is 0.0402. The van der Waals surface area contributed by atoms with Crippen molar-refractivity contribution in [2.75, 3.05) is 26.2 Å². The molecule has 1 N–H and O–H groups in total. The quantitative estimate of drug-likeness (QED) is 0.816. The molecule has 1 aliphatic heterocycles. The van der Waals surface area contributed by atoms with E-state index in [1.807, 2.05) is 30.3 Å². The molecule has 3 aliphatic rings. The highest BCUT2D eigenvalue weighted by molar-refractivity contribution is 5.95. The Bertz CT molecular complexity index is 1150. The molecule has 2 aromatic rings. The van der Waals surface area contributed by atoms with Crippen LogP contribution in [0.3, 0.4) is 0 Å². The van der Waals surface area contributed by atoms with E-state index in [9.17, 15) is 14.7 Å². The maximum absolute atomic E-state index is 12.9. The Morgan fingerprint density at radius 1 is 0.938 bits per heavy atom. The zero-order valence-corrected chi connectivity index (χ0v) is 17.9. The van der Waals surface area contributed by atoms with Gasteiger partial charge in [-0.2, -0.15) is 5.26 Å². The van der Waals surface area contributed by atoms with Crippen LogP contribution in [0, 0.1) is 11.3 Å². The Balaban J connectivity index is 1.23. The lowest BCUT2D eigenvalue weighted by Gasteiger charge is -2.42. The lowest BCUT2D eigenvalue weighted by atomic mass is 9.79. The average Bonchev–Trinajstić information content (AvgIpc) is 3.24. The summed E-state index contributed by atoms with van der Waals surface area (Å²) < 4.78 is 0. The first-order valence-corrected chi connectivity index (χ1v) is 11.1. The van der Waals surface area contributed by atoms with Crippen LogP contribution in [0.25, 0.3) is 17.2 Å². The molecule has 6 heteroatoms. The van der Waals surface area contributed by atoms with Crippen molar-refractivity contribution in [2.45, 2.75) is 31.3 Å². The van der Waals surface area contributed by atoms with Gasteiger partial charge in [0, 0.05) is 43.7 Å². The summed E-state index contributed by atoms with van der Waals surface area (Å²) in [6, 6.07) is 16.0. The zero-order valence-electron chi connectivity index (χ0n) is 17.9. The number of benzene rings is 2. The van der Waals surface area contributed by atoms with Gasteiger partial charge in [-0.3, -0.25) is 9.59 Å². The van der Waals surface area contributed by atoms with Crippen LogP contribution >= 0.6 is 0 Å². The maximum atomic E-state index is 12.9. The summed E-state index contributed by atoms with van der Waals surface area (Å²) in [6.07, 6.45) is 4.59. The first-order valence-electron chi connectivity index (χ1n) is 11.1. The highest BCUT2D eigenvalue weighted by Crippen LogP contribution is 2.34. The molecule has 6 nitrogen and oxygen atoms in total. The summed E-state index contributed by atoms with van der Waals surface area (Å²) in [6.45, 7) is 1.86. The second-order valence-electron chi connectivity index (χ2n) is 8.92. The molecule has 1 saturated carbocycles. The van der Waals surface area contributed by atoms with E-state index in [0.717, 1.165) is 28.7 Å². The van der Waals surface area contributed by atoms with Crippen LogP contribution in [-0.2, 0) is 11.2 Å². The molecule has 0 radical (unpaired) electrons. The number of rotatable bonds is 3. The van der Waals surface area contributed by atoms with Crippen LogP contribution in [0.2, 0.25) is 0 Å². The molecule has 2 fully saturated rings. The predicted octanol–water partition coefficient (Wildman–Crippen LogP) is 3.02. The molecule has 2 amide bonds. The highest BCUT2D eigenvalue weighted by atomic mass is 16.3. The molecule has 1 saturated heterocycles. The van der Waals surface area contributed by atoms with E-state index in [1.54, 1.807) is 9.80 Å². The van der Waals surface area contributed by atoms with E-state index in [4.69, 9.17) is 5.26 Å². The van der Waals surface area contributed by atoms with E-state index >= 15 is 0 Å². The minimum Gasteiger partial charge on any atom is -0.380 e. The molecule has 2 aliphatic carbocycles. The van der Waals surface area contributed by atoms with Gasteiger partial charge in [0.25, 0.3) is 11.8 Å². The fourth-order valence-electron chi connectivity index (χ4n) is 4.71. The van der Waals surface area contributed by atoms with Gasteiger partial charge in [-0.15, -0.1) is 0 Å². The summed E-state index contributed by atoms with van der Waals surface area (Å²) in [5, 5.41) is 19.4. The number of nitriles is 1. The van der Waals surface area contributed by atoms with E-state index in [-0.39, 0.29) is 11.8 Å². The Labute approximate surface area is 187 Å². The lowest BCUT2D eigenvalue weighted by Crippen LogP contribution is -2.58. The number of nitrogens with zero attached hydrogens (tertiary/aromatic N) is 3. The highest BCUT2D eigenvalue weighted by Gasteiger charge is 2.45. The van der Waals surface area contributed by atoms with Crippen LogP contribution in [0.1, 0.15) is 40.7 Å². The lowest BCUT2D eigenvalue weighted by molar-refractivity contribution is -0.161. The van der Waals surface area contributed by atoms with Gasteiger partial charge in [0.1, 0.15) is 5.60 Å². The third kappa shape index (κ3) is 3.59. The third-order valence-corrected chi connectivity index (χ3v) is 6.90. The molecular formula is C26H25N3O3. The van der Waals surface area contributed by atoms with Crippen molar-refractivity contribution >= 4 is 17.9 Å². The van der Waals surface area contributed by atoms with Crippen molar-refractivity contribution in [2.24, 2.45) is 0 Å². The summed E-state index contributed by atoms with van der Waals surface area (Å²) in [5.74, 6) is -0.229. The molecule has 0 spiro atoms. The zero-order chi connectivity index (χ0) is 22.3. The molecule has 0 unspecified atom stereocenters. The SMILES string of the molecule is N#CC1=Cc2cc(-c3ccc(C(=O)N4CCN(C(=O)C5(O)CCC5)CC4)cc3)ccc2C1. The second kappa shape index (κ2) is 7.92. The number of allylic oxidation sites excluding steroid dienone is 1. The fraction of sp³-hybridized carbons (Fsp3) is 0.346. The summed E-state index contributed by atoms with van der Waals surface area (Å²) >= 11 is 0. The van der Waals surface area contributed by atoms with Gasteiger partial charge in [0.15, 0.2) is 0 Å². The Morgan fingerprint density at radius 3 is 2.22 bits per heavy atom. The number of hydrogen-bond acceptors (Lipinski definition) is 4. The molecule has 5 rings (SSSR count). The molecule has 32 heavy (non-hydrogen) atoms. The van der Waals surface area contributed by atoms with Crippen molar-refractivity contribution in [3.63, 3.8) is 0 Å².